The van der Waals surface area contributed by atoms with Gasteiger partial charge in [0.05, 0.1) is 10.2 Å². The second-order valence-corrected chi connectivity index (χ2v) is 6.99. The van der Waals surface area contributed by atoms with Crippen LogP contribution in [0.3, 0.4) is 0 Å². The summed E-state index contributed by atoms with van der Waals surface area (Å²) < 4.78 is 6.75. The zero-order valence-electron chi connectivity index (χ0n) is 13.7. The third-order valence-electron chi connectivity index (χ3n) is 3.64. The Labute approximate surface area is 161 Å². The molecular weight excluding hydrogens is 398 g/mol. The minimum atomic E-state index is 0.468. The number of ether oxygens (including phenoxy) is 1. The predicted molar refractivity (Wildman–Crippen MR) is 108 cm³/mol. The minimum Gasteiger partial charge on any atom is -0.488 e. The molecule has 126 valence electrons. The molecule has 4 heteroatoms. The lowest BCUT2D eigenvalue weighted by atomic mass is 10.2. The molecule has 0 N–H and O–H groups in total. The maximum Gasteiger partial charge on any atom is 0.134 e. The highest BCUT2D eigenvalue weighted by Crippen LogP contribution is 2.27. The van der Waals surface area contributed by atoms with Gasteiger partial charge in [0.25, 0.3) is 0 Å². The molecule has 0 radical (unpaired) electrons. The lowest BCUT2D eigenvalue weighted by Gasteiger charge is -2.09. The fraction of sp³-hybridized carbons (Fsp3) is 0.0952. The van der Waals surface area contributed by atoms with Crippen molar-refractivity contribution in [1.29, 1.82) is 0 Å². The van der Waals surface area contributed by atoms with E-state index in [9.17, 15) is 0 Å². The summed E-state index contributed by atoms with van der Waals surface area (Å²) in [5, 5.41) is 0.711. The normalized spacial score (nSPS) is 11.0. The third-order valence-corrected chi connectivity index (χ3v) is 4.49. The molecule has 0 aliphatic heterocycles. The van der Waals surface area contributed by atoms with Crippen LogP contribution in [-0.2, 0) is 6.61 Å². The van der Waals surface area contributed by atoms with Gasteiger partial charge < -0.3 is 4.74 Å². The van der Waals surface area contributed by atoms with E-state index in [-0.39, 0.29) is 0 Å². The molecule has 0 aromatic heterocycles. The molecule has 0 fully saturated rings. The fourth-order valence-electron chi connectivity index (χ4n) is 2.28. The van der Waals surface area contributed by atoms with E-state index in [4.69, 9.17) is 16.3 Å². The van der Waals surface area contributed by atoms with Crippen molar-refractivity contribution in [2.75, 3.05) is 0 Å². The number of hydrogen-bond donors (Lipinski definition) is 0. The second kappa shape index (κ2) is 8.32. The van der Waals surface area contributed by atoms with E-state index in [2.05, 4.69) is 40.0 Å². The average molecular weight is 415 g/mol. The van der Waals surface area contributed by atoms with Crippen molar-refractivity contribution in [3.05, 3.63) is 92.9 Å². The smallest absolute Gasteiger partial charge is 0.134 e. The van der Waals surface area contributed by atoms with Crippen molar-refractivity contribution in [3.63, 3.8) is 0 Å². The first-order chi connectivity index (χ1) is 12.1. The van der Waals surface area contributed by atoms with Gasteiger partial charge in [0.2, 0.25) is 0 Å². The van der Waals surface area contributed by atoms with Gasteiger partial charge in [-0.15, -0.1) is 0 Å². The third kappa shape index (κ3) is 5.18. The van der Waals surface area contributed by atoms with Crippen LogP contribution in [0.15, 0.2) is 76.2 Å². The van der Waals surface area contributed by atoms with Crippen LogP contribution in [0.1, 0.15) is 16.7 Å². The molecule has 0 saturated heterocycles. The van der Waals surface area contributed by atoms with Crippen LogP contribution in [0.4, 0.5) is 5.69 Å². The van der Waals surface area contributed by atoms with Gasteiger partial charge in [-0.3, -0.25) is 4.99 Å². The Morgan fingerprint density at radius 3 is 2.56 bits per heavy atom. The fourth-order valence-corrected chi connectivity index (χ4v) is 3.01. The Morgan fingerprint density at radius 2 is 1.84 bits per heavy atom. The molecule has 2 nitrogen and oxygen atoms in total. The first kappa shape index (κ1) is 17.7. The zero-order chi connectivity index (χ0) is 17.6. The number of nitrogens with zero attached hydrogens (tertiary/aromatic N) is 1. The van der Waals surface area contributed by atoms with Crippen molar-refractivity contribution in [1.82, 2.24) is 0 Å². The highest BCUT2D eigenvalue weighted by Gasteiger charge is 2.03. The first-order valence-corrected chi connectivity index (χ1v) is 9.05. The summed E-state index contributed by atoms with van der Waals surface area (Å²) in [6.45, 7) is 2.53. The summed E-state index contributed by atoms with van der Waals surface area (Å²) in [4.78, 5) is 4.49. The molecule has 0 aliphatic rings. The van der Waals surface area contributed by atoms with E-state index in [1.54, 1.807) is 0 Å². The number of hydrogen-bond acceptors (Lipinski definition) is 2. The van der Waals surface area contributed by atoms with Crippen LogP contribution in [0.5, 0.6) is 5.75 Å². The monoisotopic (exact) mass is 413 g/mol. The molecule has 3 rings (SSSR count). The topological polar surface area (TPSA) is 21.6 Å². The maximum absolute atomic E-state index is 5.99. The van der Waals surface area contributed by atoms with Gasteiger partial charge in [0.15, 0.2) is 0 Å². The molecule has 0 amide bonds. The summed E-state index contributed by atoms with van der Waals surface area (Å²) in [6, 6.07) is 21.7. The molecule has 0 saturated carbocycles. The van der Waals surface area contributed by atoms with Crippen molar-refractivity contribution >= 4 is 39.4 Å². The van der Waals surface area contributed by atoms with Crippen LogP contribution in [0.25, 0.3) is 0 Å². The van der Waals surface area contributed by atoms with Gasteiger partial charge >= 0.3 is 0 Å². The van der Waals surface area contributed by atoms with Crippen molar-refractivity contribution in [2.45, 2.75) is 13.5 Å². The summed E-state index contributed by atoms with van der Waals surface area (Å²) in [6.07, 6.45) is 1.84. The van der Waals surface area contributed by atoms with E-state index in [0.29, 0.717) is 11.6 Å². The lowest BCUT2D eigenvalue weighted by Crippen LogP contribution is -1.96. The molecule has 0 unspecified atom stereocenters. The zero-order valence-corrected chi connectivity index (χ0v) is 16.1. The van der Waals surface area contributed by atoms with E-state index in [1.165, 1.54) is 5.56 Å². The molecule has 0 heterocycles. The van der Waals surface area contributed by atoms with E-state index in [1.807, 2.05) is 60.8 Å². The standard InChI is InChI=1S/C21H17BrClNO/c1-15-5-8-19(9-6-15)24-13-16-7-10-21(20(22)12-16)25-14-17-3-2-4-18(23)11-17/h2-13H,14H2,1H3. The van der Waals surface area contributed by atoms with Crippen LogP contribution in [-0.4, -0.2) is 6.21 Å². The van der Waals surface area contributed by atoms with Crippen molar-refractivity contribution in [2.24, 2.45) is 4.99 Å². The van der Waals surface area contributed by atoms with Gasteiger partial charge in [-0.1, -0.05) is 41.4 Å². The van der Waals surface area contributed by atoms with E-state index >= 15 is 0 Å². The van der Waals surface area contributed by atoms with E-state index < -0.39 is 0 Å². The number of rotatable bonds is 5. The number of halogens is 2. The maximum atomic E-state index is 5.99. The first-order valence-electron chi connectivity index (χ1n) is 7.88. The van der Waals surface area contributed by atoms with Gasteiger partial charge in [-0.25, -0.2) is 0 Å². The molecule has 0 bridgehead atoms. The SMILES string of the molecule is Cc1ccc(N=Cc2ccc(OCc3cccc(Cl)c3)c(Br)c2)cc1. The summed E-state index contributed by atoms with van der Waals surface area (Å²) >= 11 is 9.55. The quantitative estimate of drug-likeness (QED) is 0.424. The second-order valence-electron chi connectivity index (χ2n) is 5.70. The lowest BCUT2D eigenvalue weighted by molar-refractivity contribution is 0.304. The van der Waals surface area contributed by atoms with Crippen molar-refractivity contribution < 1.29 is 4.74 Å². The molecular formula is C21H17BrClNO. The highest BCUT2D eigenvalue weighted by molar-refractivity contribution is 9.10. The predicted octanol–water partition coefficient (Wildman–Crippen LogP) is 6.74. The molecule has 0 atom stereocenters. The molecule has 0 spiro atoms. The molecule has 25 heavy (non-hydrogen) atoms. The van der Waals surface area contributed by atoms with Gasteiger partial charge in [-0.2, -0.15) is 0 Å². The van der Waals surface area contributed by atoms with Crippen molar-refractivity contribution in [3.8, 4) is 5.75 Å². The number of aliphatic imine (C=N–C) groups is 1. The minimum absolute atomic E-state index is 0.468. The Bertz CT molecular complexity index is 891. The Balaban J connectivity index is 1.67. The van der Waals surface area contributed by atoms with Crippen LogP contribution >= 0.6 is 27.5 Å². The van der Waals surface area contributed by atoms with Gasteiger partial charge in [0.1, 0.15) is 12.4 Å². The molecule has 3 aromatic rings. The average Bonchev–Trinajstić information content (AvgIpc) is 2.60. The summed E-state index contributed by atoms with van der Waals surface area (Å²) in [5.41, 5.74) is 4.19. The Hall–Kier alpha value is -2.10. The van der Waals surface area contributed by atoms with Gasteiger partial charge in [0, 0.05) is 11.2 Å². The number of aryl methyl sites for hydroxylation is 1. The molecule has 3 aromatic carbocycles. The summed E-state index contributed by atoms with van der Waals surface area (Å²) in [7, 11) is 0. The van der Waals surface area contributed by atoms with Gasteiger partial charge in [-0.05, 0) is 76.4 Å². The highest BCUT2D eigenvalue weighted by atomic mass is 79.9. The Morgan fingerprint density at radius 1 is 1.04 bits per heavy atom. The Kier molecular flexibility index (Phi) is 5.90. The largest absolute Gasteiger partial charge is 0.488 e. The van der Waals surface area contributed by atoms with Crippen LogP contribution < -0.4 is 4.74 Å². The summed E-state index contributed by atoms with van der Waals surface area (Å²) in [5.74, 6) is 0.785. The van der Waals surface area contributed by atoms with E-state index in [0.717, 1.165) is 27.0 Å². The molecule has 0 aliphatic carbocycles. The van der Waals surface area contributed by atoms with Crippen LogP contribution in [0, 0.1) is 6.92 Å². The van der Waals surface area contributed by atoms with Crippen LogP contribution in [0.2, 0.25) is 5.02 Å². The number of benzene rings is 3.